The molecule has 0 saturated heterocycles. The van der Waals surface area contributed by atoms with Gasteiger partial charge in [-0.1, -0.05) is 36.1 Å². The summed E-state index contributed by atoms with van der Waals surface area (Å²) < 4.78 is 0. The number of rotatable bonds is 2. The molecule has 21 heavy (non-hydrogen) atoms. The van der Waals surface area contributed by atoms with Gasteiger partial charge in [-0.15, -0.1) is 11.3 Å². The maximum absolute atomic E-state index is 5.47. The number of thiophene rings is 1. The zero-order valence-electron chi connectivity index (χ0n) is 12.1. The van der Waals surface area contributed by atoms with Crippen LogP contribution in [0.5, 0.6) is 0 Å². The molecule has 0 atom stereocenters. The van der Waals surface area contributed by atoms with Crippen molar-refractivity contribution in [2.75, 3.05) is 13.1 Å². The van der Waals surface area contributed by atoms with Gasteiger partial charge in [0, 0.05) is 23.5 Å². The van der Waals surface area contributed by atoms with Gasteiger partial charge in [0.2, 0.25) is 0 Å². The van der Waals surface area contributed by atoms with Gasteiger partial charge in [-0.25, -0.2) is 0 Å². The van der Waals surface area contributed by atoms with Crippen molar-refractivity contribution < 1.29 is 0 Å². The van der Waals surface area contributed by atoms with Crippen LogP contribution in [-0.4, -0.2) is 18.0 Å². The highest BCUT2D eigenvalue weighted by molar-refractivity contribution is 7.10. The summed E-state index contributed by atoms with van der Waals surface area (Å²) in [6, 6.07) is 10.9. The van der Waals surface area contributed by atoms with Gasteiger partial charge in [-0.05, 0) is 42.0 Å². The van der Waals surface area contributed by atoms with E-state index in [1.807, 2.05) is 0 Å². The zero-order valence-corrected chi connectivity index (χ0v) is 13.0. The van der Waals surface area contributed by atoms with Crippen molar-refractivity contribution in [2.45, 2.75) is 25.9 Å². The minimum atomic E-state index is 0.423. The molecule has 0 spiro atoms. The Morgan fingerprint density at radius 1 is 1.19 bits per heavy atom. The average Bonchev–Trinajstić information content (AvgIpc) is 2.83. The van der Waals surface area contributed by atoms with Crippen molar-refractivity contribution >= 4 is 11.3 Å². The molecule has 2 heterocycles. The lowest BCUT2D eigenvalue weighted by molar-refractivity contribution is 0.263. The summed E-state index contributed by atoms with van der Waals surface area (Å²) in [6.45, 7) is 3.60. The Balaban J connectivity index is 1.75. The van der Waals surface area contributed by atoms with Gasteiger partial charge in [-0.3, -0.25) is 4.90 Å². The topological polar surface area (TPSA) is 29.3 Å². The summed E-state index contributed by atoms with van der Waals surface area (Å²) in [5, 5.41) is 2.13. The smallest absolute Gasteiger partial charge is 0.0555 e. The van der Waals surface area contributed by atoms with Crippen molar-refractivity contribution in [2.24, 2.45) is 5.73 Å². The third-order valence-corrected chi connectivity index (χ3v) is 4.78. The summed E-state index contributed by atoms with van der Waals surface area (Å²) in [7, 11) is 0. The van der Waals surface area contributed by atoms with E-state index >= 15 is 0 Å². The molecule has 108 valence electrons. The number of hydrogen-bond donors (Lipinski definition) is 1. The summed E-state index contributed by atoms with van der Waals surface area (Å²) in [5.74, 6) is 6.15. The molecule has 2 nitrogen and oxygen atoms in total. The molecule has 0 bridgehead atoms. The van der Waals surface area contributed by atoms with Crippen LogP contribution < -0.4 is 5.73 Å². The normalized spacial score (nSPS) is 14.9. The van der Waals surface area contributed by atoms with Crippen molar-refractivity contribution in [3.05, 3.63) is 57.3 Å². The Hall–Kier alpha value is -1.60. The maximum Gasteiger partial charge on any atom is 0.0555 e. The van der Waals surface area contributed by atoms with E-state index in [4.69, 9.17) is 5.73 Å². The van der Waals surface area contributed by atoms with Gasteiger partial charge in [-0.2, -0.15) is 0 Å². The Morgan fingerprint density at radius 3 is 2.90 bits per heavy atom. The van der Waals surface area contributed by atoms with E-state index in [-0.39, 0.29) is 0 Å². The van der Waals surface area contributed by atoms with Crippen LogP contribution in [0, 0.1) is 11.8 Å². The Kier molecular flexibility index (Phi) is 4.72. The van der Waals surface area contributed by atoms with Gasteiger partial charge in [0.15, 0.2) is 0 Å². The lowest BCUT2D eigenvalue weighted by Gasteiger charge is -2.20. The van der Waals surface area contributed by atoms with Crippen LogP contribution in [0.3, 0.4) is 0 Å². The molecular weight excluding hydrogens is 276 g/mol. The van der Waals surface area contributed by atoms with E-state index < -0.39 is 0 Å². The monoisotopic (exact) mass is 296 g/mol. The molecule has 3 rings (SSSR count). The number of nitrogens with zero attached hydrogens (tertiary/aromatic N) is 1. The van der Waals surface area contributed by atoms with Crippen LogP contribution in [0.2, 0.25) is 0 Å². The summed E-state index contributed by atoms with van der Waals surface area (Å²) in [6.07, 6.45) is 2.42. The highest BCUT2D eigenvalue weighted by Crippen LogP contribution is 2.23. The van der Waals surface area contributed by atoms with Crippen molar-refractivity contribution in [1.29, 1.82) is 0 Å². The van der Waals surface area contributed by atoms with Crippen molar-refractivity contribution in [1.82, 2.24) is 4.90 Å². The van der Waals surface area contributed by atoms with Crippen LogP contribution in [0.15, 0.2) is 35.7 Å². The fourth-order valence-electron chi connectivity index (χ4n) is 2.83. The summed E-state index contributed by atoms with van der Waals surface area (Å²) >= 11 is 1.80. The second-order valence-electron chi connectivity index (χ2n) is 5.35. The molecule has 0 radical (unpaired) electrons. The molecule has 2 N–H and O–H groups in total. The van der Waals surface area contributed by atoms with Crippen molar-refractivity contribution in [3.8, 4) is 11.8 Å². The molecule has 0 amide bonds. The highest BCUT2D eigenvalue weighted by atomic mass is 32.1. The van der Waals surface area contributed by atoms with Gasteiger partial charge in [0.05, 0.1) is 6.54 Å². The van der Waals surface area contributed by atoms with E-state index in [2.05, 4.69) is 52.5 Å². The molecule has 0 saturated carbocycles. The molecule has 0 fully saturated rings. The number of fused-ring (bicyclic) bond motifs is 1. The number of nitrogens with two attached hydrogens (primary N) is 1. The van der Waals surface area contributed by atoms with Crippen molar-refractivity contribution in [3.63, 3.8) is 0 Å². The van der Waals surface area contributed by atoms with Crippen LogP contribution in [0.4, 0.5) is 0 Å². The SMILES string of the molecule is NCC#Cc1ccsc1CN1CCCc2ccccc2C1. The van der Waals surface area contributed by atoms with E-state index in [0.717, 1.165) is 25.2 Å². The second kappa shape index (κ2) is 6.91. The highest BCUT2D eigenvalue weighted by Gasteiger charge is 2.15. The minimum absolute atomic E-state index is 0.423. The second-order valence-corrected chi connectivity index (χ2v) is 6.35. The number of benzene rings is 1. The lowest BCUT2D eigenvalue weighted by atomic mass is 10.0. The summed E-state index contributed by atoms with van der Waals surface area (Å²) in [4.78, 5) is 3.89. The fraction of sp³-hybridized carbons (Fsp3) is 0.333. The first kappa shape index (κ1) is 14.3. The number of hydrogen-bond acceptors (Lipinski definition) is 3. The molecule has 0 aliphatic carbocycles. The quantitative estimate of drug-likeness (QED) is 0.863. The summed E-state index contributed by atoms with van der Waals surface area (Å²) in [5.41, 5.74) is 9.60. The van der Waals surface area contributed by atoms with Crippen LogP contribution in [0.25, 0.3) is 0 Å². The largest absolute Gasteiger partial charge is 0.320 e. The Labute approximate surface area is 130 Å². The minimum Gasteiger partial charge on any atom is -0.320 e. The Morgan fingerprint density at radius 2 is 2.05 bits per heavy atom. The first-order valence-corrected chi connectivity index (χ1v) is 8.29. The van der Waals surface area contributed by atoms with E-state index in [9.17, 15) is 0 Å². The van der Waals surface area contributed by atoms with Gasteiger partial charge in [0.25, 0.3) is 0 Å². The standard InChI is InChI=1S/C18H20N2S/c19-10-3-7-16-9-12-21-18(16)14-20-11-4-8-15-5-1-2-6-17(15)13-20/h1-2,5-6,9,12H,4,8,10-11,13-14,19H2. The molecule has 1 aliphatic rings. The van der Waals surface area contributed by atoms with Crippen LogP contribution in [0.1, 0.15) is 28.0 Å². The maximum atomic E-state index is 5.47. The predicted molar refractivity (Wildman–Crippen MR) is 89.1 cm³/mol. The Bertz CT molecular complexity index is 663. The van der Waals surface area contributed by atoms with E-state index in [0.29, 0.717) is 6.54 Å². The molecule has 1 aromatic heterocycles. The molecule has 1 aliphatic heterocycles. The van der Waals surface area contributed by atoms with Gasteiger partial charge >= 0.3 is 0 Å². The van der Waals surface area contributed by atoms with E-state index in [1.165, 1.54) is 28.8 Å². The first-order valence-electron chi connectivity index (χ1n) is 7.41. The average molecular weight is 296 g/mol. The molecular formula is C18H20N2S. The fourth-order valence-corrected chi connectivity index (χ4v) is 3.70. The molecule has 2 aromatic rings. The van der Waals surface area contributed by atoms with Crippen LogP contribution in [-0.2, 0) is 19.5 Å². The predicted octanol–water partition coefficient (Wildman–Crippen LogP) is 3.01. The number of aryl methyl sites for hydroxylation is 1. The molecule has 3 heteroatoms. The third kappa shape index (κ3) is 3.54. The first-order chi connectivity index (χ1) is 10.4. The third-order valence-electron chi connectivity index (χ3n) is 3.87. The molecule has 0 unspecified atom stereocenters. The zero-order chi connectivity index (χ0) is 14.5. The molecule has 1 aromatic carbocycles. The van der Waals surface area contributed by atoms with Crippen LogP contribution >= 0.6 is 11.3 Å². The van der Waals surface area contributed by atoms with Gasteiger partial charge < -0.3 is 5.73 Å². The van der Waals surface area contributed by atoms with E-state index in [1.54, 1.807) is 11.3 Å². The van der Waals surface area contributed by atoms with Gasteiger partial charge in [0.1, 0.15) is 0 Å². The lowest BCUT2D eigenvalue weighted by Crippen LogP contribution is -2.22.